The zero-order valence-corrected chi connectivity index (χ0v) is 12.6. The Morgan fingerprint density at radius 2 is 2.23 bits per heavy atom. The fourth-order valence-corrected chi connectivity index (χ4v) is 2.41. The van der Waals surface area contributed by atoms with Crippen LogP contribution < -0.4 is 11.1 Å². The number of benzene rings is 1. The Labute approximate surface area is 130 Å². The van der Waals surface area contributed by atoms with Gasteiger partial charge in [0, 0.05) is 5.38 Å². The van der Waals surface area contributed by atoms with Gasteiger partial charge in [-0.2, -0.15) is 0 Å². The van der Waals surface area contributed by atoms with Crippen LogP contribution in [0.3, 0.4) is 0 Å². The van der Waals surface area contributed by atoms with Crippen LogP contribution in [0.15, 0.2) is 23.6 Å². The summed E-state index contributed by atoms with van der Waals surface area (Å²) in [5, 5.41) is 4.46. The summed E-state index contributed by atoms with van der Waals surface area (Å²) in [7, 11) is 0. The van der Waals surface area contributed by atoms with Crippen molar-refractivity contribution < 1.29 is 18.7 Å². The fourth-order valence-electron chi connectivity index (χ4n) is 1.70. The lowest BCUT2D eigenvalue weighted by atomic mass is 10.1. The Hall–Kier alpha value is -2.48. The number of anilines is 2. The molecule has 2 rings (SSSR count). The highest BCUT2D eigenvalue weighted by Crippen LogP contribution is 2.20. The van der Waals surface area contributed by atoms with E-state index < -0.39 is 11.7 Å². The summed E-state index contributed by atoms with van der Waals surface area (Å²) < 4.78 is 18.1. The normalized spacial score (nSPS) is 10.3. The predicted octanol–water partition coefficient (Wildman–Crippen LogP) is 2.22. The van der Waals surface area contributed by atoms with E-state index in [1.165, 1.54) is 18.2 Å². The SMILES string of the molecule is CCOC(=O)Cc1csc(NC(=O)c2cccc(F)c2N)n1. The van der Waals surface area contributed by atoms with Crippen LogP contribution in [0.25, 0.3) is 0 Å². The number of halogens is 1. The van der Waals surface area contributed by atoms with Crippen molar-refractivity contribution in [1.29, 1.82) is 0 Å². The summed E-state index contributed by atoms with van der Waals surface area (Å²) in [6.07, 6.45) is 0.0301. The molecule has 0 aliphatic carbocycles. The third kappa shape index (κ3) is 3.79. The van der Waals surface area contributed by atoms with E-state index >= 15 is 0 Å². The van der Waals surface area contributed by atoms with E-state index in [9.17, 15) is 14.0 Å². The number of carbonyl (C=O) groups is 2. The van der Waals surface area contributed by atoms with Crippen molar-refractivity contribution in [3.05, 3.63) is 40.7 Å². The maximum absolute atomic E-state index is 13.3. The van der Waals surface area contributed by atoms with Crippen molar-refractivity contribution in [2.24, 2.45) is 0 Å². The molecule has 0 saturated carbocycles. The smallest absolute Gasteiger partial charge is 0.311 e. The number of nitrogens with one attached hydrogen (secondary N) is 1. The first-order valence-corrected chi connectivity index (χ1v) is 7.34. The third-order valence-corrected chi connectivity index (χ3v) is 3.51. The van der Waals surface area contributed by atoms with E-state index in [2.05, 4.69) is 10.3 Å². The number of hydrogen-bond donors (Lipinski definition) is 2. The van der Waals surface area contributed by atoms with Crippen molar-refractivity contribution >= 4 is 34.0 Å². The van der Waals surface area contributed by atoms with Crippen LogP contribution in [-0.4, -0.2) is 23.5 Å². The number of hydrogen-bond acceptors (Lipinski definition) is 6. The van der Waals surface area contributed by atoms with E-state index in [1.54, 1.807) is 12.3 Å². The van der Waals surface area contributed by atoms with Crippen LogP contribution >= 0.6 is 11.3 Å². The van der Waals surface area contributed by atoms with Gasteiger partial charge in [0.15, 0.2) is 5.13 Å². The lowest BCUT2D eigenvalue weighted by molar-refractivity contribution is -0.142. The molecule has 0 radical (unpaired) electrons. The number of carbonyl (C=O) groups excluding carboxylic acids is 2. The first-order chi connectivity index (χ1) is 10.5. The quantitative estimate of drug-likeness (QED) is 0.650. The zero-order chi connectivity index (χ0) is 16.1. The van der Waals surface area contributed by atoms with Crippen molar-refractivity contribution in [2.45, 2.75) is 13.3 Å². The minimum absolute atomic E-state index is 0.0298. The number of nitrogens with two attached hydrogens (primary N) is 1. The Balaban J connectivity index is 2.05. The molecule has 0 atom stereocenters. The summed E-state index contributed by atoms with van der Waals surface area (Å²) in [6.45, 7) is 2.01. The summed E-state index contributed by atoms with van der Waals surface area (Å²) >= 11 is 1.16. The highest BCUT2D eigenvalue weighted by atomic mass is 32.1. The topological polar surface area (TPSA) is 94.3 Å². The Morgan fingerprint density at radius 1 is 1.45 bits per heavy atom. The molecule has 0 fully saturated rings. The molecule has 0 unspecified atom stereocenters. The fraction of sp³-hybridized carbons (Fsp3) is 0.214. The van der Waals surface area contributed by atoms with Crippen LogP contribution in [0, 0.1) is 5.82 Å². The molecule has 3 N–H and O–H groups in total. The van der Waals surface area contributed by atoms with E-state index in [4.69, 9.17) is 10.5 Å². The molecule has 0 saturated heterocycles. The van der Waals surface area contributed by atoms with Gasteiger partial charge in [0.2, 0.25) is 0 Å². The molecule has 0 spiro atoms. The Kier molecular flexibility index (Phi) is 5.05. The molecule has 1 amide bonds. The van der Waals surface area contributed by atoms with E-state index in [0.717, 1.165) is 11.3 Å². The van der Waals surface area contributed by atoms with Gasteiger partial charge >= 0.3 is 5.97 Å². The van der Waals surface area contributed by atoms with Crippen LogP contribution in [0.1, 0.15) is 23.0 Å². The third-order valence-electron chi connectivity index (χ3n) is 2.70. The van der Waals surface area contributed by atoms with E-state index in [0.29, 0.717) is 17.4 Å². The monoisotopic (exact) mass is 323 g/mol. The number of nitrogens with zero attached hydrogens (tertiary/aromatic N) is 1. The van der Waals surface area contributed by atoms with Crippen molar-refractivity contribution in [2.75, 3.05) is 17.7 Å². The van der Waals surface area contributed by atoms with Gasteiger partial charge in [-0.3, -0.25) is 14.9 Å². The molecule has 0 aliphatic heterocycles. The predicted molar refractivity (Wildman–Crippen MR) is 81.2 cm³/mol. The number of aromatic nitrogens is 1. The van der Waals surface area contributed by atoms with Gasteiger partial charge in [0.25, 0.3) is 5.91 Å². The highest BCUT2D eigenvalue weighted by molar-refractivity contribution is 7.14. The molecular formula is C14H14FN3O3S. The molecule has 0 aliphatic rings. The Morgan fingerprint density at radius 3 is 2.95 bits per heavy atom. The summed E-state index contributed by atoms with van der Waals surface area (Å²) in [5.41, 5.74) is 5.83. The van der Waals surface area contributed by atoms with Crippen LogP contribution in [-0.2, 0) is 16.0 Å². The standard InChI is InChI=1S/C14H14FN3O3S/c1-2-21-11(19)6-8-7-22-14(17-8)18-13(20)9-4-3-5-10(15)12(9)16/h3-5,7H,2,6,16H2,1H3,(H,17,18,20). The van der Waals surface area contributed by atoms with Crippen LogP contribution in [0.5, 0.6) is 0 Å². The van der Waals surface area contributed by atoms with Crippen molar-refractivity contribution in [3.63, 3.8) is 0 Å². The molecule has 6 nitrogen and oxygen atoms in total. The number of ether oxygens (including phenoxy) is 1. The van der Waals surface area contributed by atoms with Gasteiger partial charge in [-0.05, 0) is 19.1 Å². The Bertz CT molecular complexity index is 702. The van der Waals surface area contributed by atoms with Crippen LogP contribution in [0.2, 0.25) is 0 Å². The van der Waals surface area contributed by atoms with E-state index in [1.807, 2.05) is 0 Å². The average molecular weight is 323 g/mol. The largest absolute Gasteiger partial charge is 0.466 e. The molecule has 1 heterocycles. The van der Waals surface area contributed by atoms with Crippen LogP contribution in [0.4, 0.5) is 15.2 Å². The molecule has 1 aromatic heterocycles. The minimum atomic E-state index is -0.658. The number of thiazole rings is 1. The maximum Gasteiger partial charge on any atom is 0.311 e. The van der Waals surface area contributed by atoms with Gasteiger partial charge in [-0.15, -0.1) is 11.3 Å². The van der Waals surface area contributed by atoms with Crippen molar-refractivity contribution in [1.82, 2.24) is 4.98 Å². The lowest BCUT2D eigenvalue weighted by Gasteiger charge is -2.05. The van der Waals surface area contributed by atoms with Gasteiger partial charge in [-0.1, -0.05) is 6.07 Å². The second-order valence-electron chi connectivity index (χ2n) is 4.28. The van der Waals surface area contributed by atoms with Gasteiger partial charge in [0.05, 0.1) is 30.0 Å². The van der Waals surface area contributed by atoms with Crippen molar-refractivity contribution in [3.8, 4) is 0 Å². The number of rotatable bonds is 5. The number of amides is 1. The second-order valence-corrected chi connectivity index (χ2v) is 5.14. The van der Waals surface area contributed by atoms with E-state index in [-0.39, 0.29) is 23.6 Å². The first-order valence-electron chi connectivity index (χ1n) is 6.46. The highest BCUT2D eigenvalue weighted by Gasteiger charge is 2.15. The minimum Gasteiger partial charge on any atom is -0.466 e. The number of para-hydroxylation sites is 1. The maximum atomic E-state index is 13.3. The molecule has 22 heavy (non-hydrogen) atoms. The summed E-state index contributed by atoms with van der Waals surface area (Å²) in [5.74, 6) is -1.61. The summed E-state index contributed by atoms with van der Waals surface area (Å²) in [6, 6.07) is 3.99. The number of esters is 1. The molecule has 1 aromatic carbocycles. The molecule has 0 bridgehead atoms. The lowest BCUT2D eigenvalue weighted by Crippen LogP contribution is -2.15. The molecular weight excluding hydrogens is 309 g/mol. The summed E-state index contributed by atoms with van der Waals surface area (Å²) in [4.78, 5) is 27.5. The number of nitrogen functional groups attached to an aromatic ring is 1. The molecule has 2 aromatic rings. The second kappa shape index (κ2) is 6.99. The zero-order valence-electron chi connectivity index (χ0n) is 11.8. The van der Waals surface area contributed by atoms with Gasteiger partial charge in [-0.25, -0.2) is 9.37 Å². The molecule has 8 heteroatoms. The van der Waals surface area contributed by atoms with Gasteiger partial charge < -0.3 is 10.5 Å². The first kappa shape index (κ1) is 15.9. The molecule has 116 valence electrons. The van der Waals surface area contributed by atoms with Gasteiger partial charge in [0.1, 0.15) is 5.82 Å². The average Bonchev–Trinajstić information content (AvgIpc) is 2.89.